The molecular formula is C10H11ClN4O2S. The Bertz CT molecular complexity index is 526. The maximum atomic E-state index is 11.6. The van der Waals surface area contributed by atoms with Crippen LogP contribution in [0.3, 0.4) is 0 Å². The van der Waals surface area contributed by atoms with Crippen molar-refractivity contribution in [2.24, 2.45) is 0 Å². The minimum Gasteiger partial charge on any atom is -0.461 e. The number of hydrogen-bond donors (Lipinski definition) is 0. The molecule has 0 saturated heterocycles. The number of halogens is 1. The van der Waals surface area contributed by atoms with E-state index in [1.165, 1.54) is 11.3 Å². The molecule has 96 valence electrons. The second-order valence-corrected chi connectivity index (χ2v) is 4.60. The van der Waals surface area contributed by atoms with Gasteiger partial charge in [0.05, 0.1) is 30.2 Å². The summed E-state index contributed by atoms with van der Waals surface area (Å²) in [6.45, 7) is 2.53. The van der Waals surface area contributed by atoms with E-state index in [2.05, 4.69) is 15.3 Å². The van der Waals surface area contributed by atoms with Crippen LogP contribution >= 0.6 is 22.9 Å². The molecule has 0 aliphatic rings. The first-order valence-corrected chi connectivity index (χ1v) is 6.70. The van der Waals surface area contributed by atoms with Gasteiger partial charge in [0, 0.05) is 11.1 Å². The number of carbonyl (C=O) groups excluding carboxylic acids is 1. The number of hydrogen-bond acceptors (Lipinski definition) is 6. The summed E-state index contributed by atoms with van der Waals surface area (Å²) >= 11 is 7.35. The fourth-order valence-corrected chi connectivity index (χ4v) is 2.26. The lowest BCUT2D eigenvalue weighted by Gasteiger charge is -2.03. The lowest BCUT2D eigenvalue weighted by Crippen LogP contribution is -2.10. The lowest BCUT2D eigenvalue weighted by molar-refractivity contribution is 0.0518. The number of ether oxygens (including phenoxy) is 1. The molecule has 2 aromatic heterocycles. The Kier molecular flexibility index (Phi) is 4.27. The van der Waals surface area contributed by atoms with Crippen molar-refractivity contribution in [3.05, 3.63) is 28.0 Å². The maximum absolute atomic E-state index is 11.6. The van der Waals surface area contributed by atoms with Crippen molar-refractivity contribution in [3.8, 4) is 0 Å². The predicted octanol–water partition coefficient (Wildman–Crippen LogP) is 1.70. The van der Waals surface area contributed by atoms with Crippen LogP contribution in [0.2, 0.25) is 0 Å². The topological polar surface area (TPSA) is 69.9 Å². The van der Waals surface area contributed by atoms with Gasteiger partial charge < -0.3 is 4.74 Å². The Morgan fingerprint density at radius 2 is 2.44 bits per heavy atom. The van der Waals surface area contributed by atoms with E-state index < -0.39 is 5.97 Å². The maximum Gasteiger partial charge on any atom is 0.360 e. The average molecular weight is 287 g/mol. The van der Waals surface area contributed by atoms with Crippen LogP contribution in [0.1, 0.15) is 28.0 Å². The van der Waals surface area contributed by atoms with Crippen LogP contribution in [0, 0.1) is 0 Å². The van der Waals surface area contributed by atoms with Crippen molar-refractivity contribution in [1.29, 1.82) is 0 Å². The van der Waals surface area contributed by atoms with Crippen LogP contribution in [-0.4, -0.2) is 32.6 Å². The molecule has 0 unspecified atom stereocenters. The highest BCUT2D eigenvalue weighted by Crippen LogP contribution is 2.14. The van der Waals surface area contributed by atoms with Gasteiger partial charge in [0.1, 0.15) is 0 Å². The monoisotopic (exact) mass is 286 g/mol. The van der Waals surface area contributed by atoms with E-state index in [9.17, 15) is 4.79 Å². The summed E-state index contributed by atoms with van der Waals surface area (Å²) in [5.41, 5.74) is 2.47. The van der Waals surface area contributed by atoms with Crippen LogP contribution in [0.25, 0.3) is 0 Å². The van der Waals surface area contributed by atoms with Gasteiger partial charge in [0.15, 0.2) is 5.69 Å². The zero-order chi connectivity index (χ0) is 13.0. The van der Waals surface area contributed by atoms with E-state index in [1.807, 2.05) is 0 Å². The van der Waals surface area contributed by atoms with E-state index in [0.717, 1.165) is 4.88 Å². The van der Waals surface area contributed by atoms with Crippen molar-refractivity contribution in [3.63, 3.8) is 0 Å². The molecule has 0 aliphatic heterocycles. The third-order valence-electron chi connectivity index (χ3n) is 2.22. The molecule has 8 heteroatoms. The Hall–Kier alpha value is -1.47. The molecule has 0 fully saturated rings. The highest BCUT2D eigenvalue weighted by Gasteiger charge is 2.20. The summed E-state index contributed by atoms with van der Waals surface area (Å²) in [4.78, 5) is 16.6. The van der Waals surface area contributed by atoms with Crippen LogP contribution in [0.15, 0.2) is 11.7 Å². The van der Waals surface area contributed by atoms with Crippen molar-refractivity contribution >= 4 is 28.9 Å². The molecule has 2 rings (SSSR count). The number of rotatable bonds is 5. The molecule has 0 amide bonds. The van der Waals surface area contributed by atoms with Gasteiger partial charge in [0.2, 0.25) is 0 Å². The number of esters is 1. The summed E-state index contributed by atoms with van der Waals surface area (Å²) in [7, 11) is 0. The SMILES string of the molecule is CCOC(=O)c1nnn(Cc2cncs2)c1CCl. The molecule has 0 bridgehead atoms. The molecule has 6 nitrogen and oxygen atoms in total. The zero-order valence-electron chi connectivity index (χ0n) is 9.67. The number of carbonyl (C=O) groups is 1. The Morgan fingerprint density at radius 3 is 3.06 bits per heavy atom. The smallest absolute Gasteiger partial charge is 0.360 e. The van der Waals surface area contributed by atoms with E-state index >= 15 is 0 Å². The van der Waals surface area contributed by atoms with E-state index in [-0.39, 0.29) is 11.6 Å². The fraction of sp³-hybridized carbons (Fsp3) is 0.400. The third kappa shape index (κ3) is 2.68. The number of thiazole rings is 1. The minimum atomic E-state index is -0.497. The second-order valence-electron chi connectivity index (χ2n) is 3.36. The first kappa shape index (κ1) is 13.0. The van der Waals surface area contributed by atoms with Gasteiger partial charge in [-0.15, -0.1) is 28.0 Å². The standard InChI is InChI=1S/C10H11ClN4O2S/c1-2-17-10(16)9-8(3-11)15(14-13-9)5-7-4-12-6-18-7/h4,6H,2-3,5H2,1H3. The van der Waals surface area contributed by atoms with Gasteiger partial charge in [-0.05, 0) is 6.92 Å². The first-order valence-electron chi connectivity index (χ1n) is 5.29. The molecule has 0 aromatic carbocycles. The van der Waals surface area contributed by atoms with E-state index in [0.29, 0.717) is 18.8 Å². The molecule has 2 aromatic rings. The normalized spacial score (nSPS) is 10.6. The summed E-state index contributed by atoms with van der Waals surface area (Å²) in [5.74, 6) is -0.344. The summed E-state index contributed by atoms with van der Waals surface area (Å²) in [6.07, 6.45) is 1.74. The van der Waals surface area contributed by atoms with Gasteiger partial charge in [-0.25, -0.2) is 9.48 Å². The average Bonchev–Trinajstić information content (AvgIpc) is 2.99. The number of alkyl halides is 1. The zero-order valence-corrected chi connectivity index (χ0v) is 11.2. The summed E-state index contributed by atoms with van der Waals surface area (Å²) in [5, 5.41) is 7.75. The lowest BCUT2D eigenvalue weighted by atomic mass is 10.3. The molecule has 2 heterocycles. The Balaban J connectivity index is 2.24. The van der Waals surface area contributed by atoms with E-state index in [1.54, 1.807) is 23.3 Å². The molecule has 0 aliphatic carbocycles. The first-order chi connectivity index (χ1) is 8.76. The Morgan fingerprint density at radius 1 is 1.61 bits per heavy atom. The van der Waals surface area contributed by atoms with Crippen LogP contribution in [-0.2, 0) is 17.2 Å². The van der Waals surface area contributed by atoms with Crippen LogP contribution in [0.5, 0.6) is 0 Å². The highest BCUT2D eigenvalue weighted by atomic mass is 35.5. The third-order valence-corrected chi connectivity index (χ3v) is 3.24. The van der Waals surface area contributed by atoms with Crippen LogP contribution in [0.4, 0.5) is 0 Å². The fourth-order valence-electron chi connectivity index (χ4n) is 1.42. The largest absolute Gasteiger partial charge is 0.461 e. The Labute approximate surface area is 113 Å². The number of aromatic nitrogens is 4. The van der Waals surface area contributed by atoms with Crippen molar-refractivity contribution in [1.82, 2.24) is 20.0 Å². The quantitative estimate of drug-likeness (QED) is 0.618. The molecule has 0 N–H and O–H groups in total. The van der Waals surface area contributed by atoms with Gasteiger partial charge in [-0.1, -0.05) is 5.21 Å². The molecule has 0 radical (unpaired) electrons. The molecule has 0 spiro atoms. The summed E-state index contributed by atoms with van der Waals surface area (Å²) < 4.78 is 6.49. The van der Waals surface area contributed by atoms with Gasteiger partial charge in [-0.3, -0.25) is 4.98 Å². The van der Waals surface area contributed by atoms with Crippen molar-refractivity contribution < 1.29 is 9.53 Å². The van der Waals surface area contributed by atoms with Crippen LogP contribution < -0.4 is 0 Å². The van der Waals surface area contributed by atoms with Gasteiger partial charge in [0.25, 0.3) is 0 Å². The molecular weight excluding hydrogens is 276 g/mol. The second kappa shape index (κ2) is 5.92. The minimum absolute atomic E-state index is 0.153. The van der Waals surface area contributed by atoms with Gasteiger partial charge in [-0.2, -0.15) is 0 Å². The highest BCUT2D eigenvalue weighted by molar-refractivity contribution is 7.09. The molecule has 0 saturated carbocycles. The van der Waals surface area contributed by atoms with Crippen molar-refractivity contribution in [2.75, 3.05) is 6.61 Å². The molecule has 0 atom stereocenters. The van der Waals surface area contributed by atoms with Crippen molar-refractivity contribution in [2.45, 2.75) is 19.3 Å². The predicted molar refractivity (Wildman–Crippen MR) is 66.8 cm³/mol. The summed E-state index contributed by atoms with van der Waals surface area (Å²) in [6, 6.07) is 0. The molecule has 18 heavy (non-hydrogen) atoms. The number of nitrogens with zero attached hydrogens (tertiary/aromatic N) is 4. The van der Waals surface area contributed by atoms with Gasteiger partial charge >= 0.3 is 5.97 Å². The van der Waals surface area contributed by atoms with E-state index in [4.69, 9.17) is 16.3 Å².